The van der Waals surface area contributed by atoms with Crippen molar-refractivity contribution in [3.8, 4) is 0 Å². The van der Waals surface area contributed by atoms with Crippen LogP contribution in [0.15, 0.2) is 18.2 Å². The van der Waals surface area contributed by atoms with Crippen molar-refractivity contribution in [2.45, 2.75) is 19.6 Å². The number of nitrogens with one attached hydrogen (secondary N) is 1. The number of halogens is 2. The molecule has 0 aromatic heterocycles. The molecule has 0 radical (unpaired) electrons. The summed E-state index contributed by atoms with van der Waals surface area (Å²) in [6.45, 7) is 4.24. The van der Waals surface area contributed by atoms with E-state index in [1.165, 1.54) is 6.07 Å². The number of carbonyl (C=O) groups excluding carboxylic acids is 1. The van der Waals surface area contributed by atoms with Gasteiger partial charge in [-0.2, -0.15) is 0 Å². The predicted octanol–water partition coefficient (Wildman–Crippen LogP) is 2.17. The maximum Gasteiger partial charge on any atom is 0.235 e. The van der Waals surface area contributed by atoms with Crippen LogP contribution in [0.2, 0.25) is 5.02 Å². The van der Waals surface area contributed by atoms with Crippen LogP contribution >= 0.6 is 11.6 Å². The third kappa shape index (κ3) is 5.88. The lowest BCUT2D eigenvalue weighted by Gasteiger charge is -2.09. The fraction of sp³-hybridized carbons (Fsp3) is 0.462. The molecular weight excluding hydrogens is 305 g/mol. The monoisotopic (exact) mass is 321 g/mol. The Kier molecular flexibility index (Phi) is 5.95. The van der Waals surface area contributed by atoms with E-state index in [9.17, 15) is 17.6 Å². The highest BCUT2D eigenvalue weighted by molar-refractivity contribution is 7.91. The fourth-order valence-electron chi connectivity index (χ4n) is 1.50. The first kappa shape index (κ1) is 16.9. The van der Waals surface area contributed by atoms with Gasteiger partial charge in [0.1, 0.15) is 11.6 Å². The second-order valence-corrected chi connectivity index (χ2v) is 7.44. The molecule has 4 nitrogen and oxygen atoms in total. The molecule has 1 amide bonds. The Labute approximate surface area is 123 Å². The van der Waals surface area contributed by atoms with E-state index in [1.54, 1.807) is 0 Å². The summed E-state index contributed by atoms with van der Waals surface area (Å²) in [6.07, 6.45) is 0. The highest BCUT2D eigenvalue weighted by atomic mass is 35.5. The van der Waals surface area contributed by atoms with E-state index in [-0.39, 0.29) is 22.3 Å². The van der Waals surface area contributed by atoms with Crippen LogP contribution in [0, 0.1) is 11.7 Å². The number of sulfone groups is 1. The van der Waals surface area contributed by atoms with Crippen molar-refractivity contribution in [3.05, 3.63) is 34.6 Å². The molecule has 0 aliphatic rings. The minimum Gasteiger partial charge on any atom is -0.355 e. The van der Waals surface area contributed by atoms with Crippen molar-refractivity contribution in [1.29, 1.82) is 0 Å². The van der Waals surface area contributed by atoms with E-state index in [0.29, 0.717) is 6.54 Å². The third-order valence-corrected chi connectivity index (χ3v) is 4.25. The summed E-state index contributed by atoms with van der Waals surface area (Å²) in [4.78, 5) is 11.5. The molecule has 1 aromatic rings. The van der Waals surface area contributed by atoms with Gasteiger partial charge in [0, 0.05) is 11.6 Å². The van der Waals surface area contributed by atoms with Crippen LogP contribution in [0.4, 0.5) is 4.39 Å². The standard InChI is InChI=1S/C13H17ClFNO3S/c1-9(2)6-16-13(17)8-20(18,19)7-10-3-4-11(15)5-12(10)14/h3-5,9H,6-8H2,1-2H3,(H,16,17). The Hall–Kier alpha value is -1.14. The highest BCUT2D eigenvalue weighted by Gasteiger charge is 2.19. The van der Waals surface area contributed by atoms with Gasteiger partial charge in [0.25, 0.3) is 0 Å². The largest absolute Gasteiger partial charge is 0.355 e. The van der Waals surface area contributed by atoms with Crippen molar-refractivity contribution in [2.75, 3.05) is 12.3 Å². The highest BCUT2D eigenvalue weighted by Crippen LogP contribution is 2.19. The van der Waals surface area contributed by atoms with Crippen molar-refractivity contribution in [1.82, 2.24) is 5.32 Å². The maximum absolute atomic E-state index is 12.9. The molecule has 0 heterocycles. The Morgan fingerprint density at radius 2 is 2.05 bits per heavy atom. The van der Waals surface area contributed by atoms with Gasteiger partial charge in [-0.3, -0.25) is 4.79 Å². The first-order chi connectivity index (χ1) is 9.19. The van der Waals surface area contributed by atoms with Gasteiger partial charge >= 0.3 is 0 Å². The number of carbonyl (C=O) groups is 1. The van der Waals surface area contributed by atoms with Crippen LogP contribution in [0.3, 0.4) is 0 Å². The topological polar surface area (TPSA) is 63.2 Å². The van der Waals surface area contributed by atoms with Crippen molar-refractivity contribution in [2.24, 2.45) is 5.92 Å². The van der Waals surface area contributed by atoms with E-state index < -0.39 is 27.3 Å². The molecule has 0 saturated heterocycles. The molecule has 7 heteroatoms. The molecule has 0 spiro atoms. The summed E-state index contributed by atoms with van der Waals surface area (Å²) >= 11 is 5.77. The molecule has 0 saturated carbocycles. The number of hydrogen-bond donors (Lipinski definition) is 1. The normalized spacial score (nSPS) is 11.7. The molecule has 0 bridgehead atoms. The zero-order valence-corrected chi connectivity index (χ0v) is 12.9. The number of amides is 1. The van der Waals surface area contributed by atoms with Gasteiger partial charge in [0.05, 0.1) is 5.75 Å². The molecular formula is C13H17ClFNO3S. The Morgan fingerprint density at radius 3 is 2.60 bits per heavy atom. The zero-order valence-electron chi connectivity index (χ0n) is 11.3. The second-order valence-electron chi connectivity index (χ2n) is 4.97. The van der Waals surface area contributed by atoms with Gasteiger partial charge in [-0.1, -0.05) is 31.5 Å². The quantitative estimate of drug-likeness (QED) is 0.873. The molecule has 0 atom stereocenters. The summed E-state index contributed by atoms with van der Waals surface area (Å²) in [5, 5.41) is 2.57. The Balaban J connectivity index is 2.68. The summed E-state index contributed by atoms with van der Waals surface area (Å²) in [7, 11) is -3.64. The van der Waals surface area contributed by atoms with Crippen LogP contribution in [0.5, 0.6) is 0 Å². The summed E-state index contributed by atoms with van der Waals surface area (Å²) in [6, 6.07) is 3.49. The summed E-state index contributed by atoms with van der Waals surface area (Å²) in [5.74, 6) is -1.83. The second kappa shape index (κ2) is 7.04. The molecule has 0 unspecified atom stereocenters. The first-order valence-corrected chi connectivity index (χ1v) is 8.30. The maximum atomic E-state index is 12.9. The average molecular weight is 322 g/mol. The zero-order chi connectivity index (χ0) is 15.3. The van der Waals surface area contributed by atoms with Crippen LogP contribution in [-0.2, 0) is 20.4 Å². The van der Waals surface area contributed by atoms with Crippen LogP contribution in [0.1, 0.15) is 19.4 Å². The van der Waals surface area contributed by atoms with E-state index >= 15 is 0 Å². The molecule has 0 fully saturated rings. The molecule has 0 aliphatic carbocycles. The Bertz CT molecular complexity index is 587. The van der Waals surface area contributed by atoms with Crippen molar-refractivity contribution in [3.63, 3.8) is 0 Å². The molecule has 0 aliphatic heterocycles. The van der Waals surface area contributed by atoms with Gasteiger partial charge in [0.15, 0.2) is 9.84 Å². The van der Waals surface area contributed by atoms with Crippen LogP contribution < -0.4 is 5.32 Å². The van der Waals surface area contributed by atoms with E-state index in [0.717, 1.165) is 12.1 Å². The molecule has 1 N–H and O–H groups in total. The van der Waals surface area contributed by atoms with Gasteiger partial charge in [0.2, 0.25) is 5.91 Å². The molecule has 20 heavy (non-hydrogen) atoms. The van der Waals surface area contributed by atoms with Gasteiger partial charge in [-0.05, 0) is 23.6 Å². The number of hydrogen-bond acceptors (Lipinski definition) is 3. The van der Waals surface area contributed by atoms with Crippen LogP contribution in [-0.4, -0.2) is 26.6 Å². The lowest BCUT2D eigenvalue weighted by molar-refractivity contribution is -0.118. The third-order valence-electron chi connectivity index (χ3n) is 2.45. The fourth-order valence-corrected chi connectivity index (χ4v) is 3.14. The molecule has 112 valence electrons. The lowest BCUT2D eigenvalue weighted by Crippen LogP contribution is -2.33. The lowest BCUT2D eigenvalue weighted by atomic mass is 10.2. The van der Waals surface area contributed by atoms with Gasteiger partial charge in [-0.15, -0.1) is 0 Å². The molecule has 1 aromatic carbocycles. The smallest absolute Gasteiger partial charge is 0.235 e. The van der Waals surface area contributed by atoms with Gasteiger partial charge < -0.3 is 5.32 Å². The van der Waals surface area contributed by atoms with Crippen molar-refractivity contribution < 1.29 is 17.6 Å². The number of rotatable bonds is 6. The first-order valence-electron chi connectivity index (χ1n) is 6.10. The van der Waals surface area contributed by atoms with Crippen molar-refractivity contribution >= 4 is 27.3 Å². The van der Waals surface area contributed by atoms with E-state index in [2.05, 4.69) is 5.32 Å². The van der Waals surface area contributed by atoms with Crippen LogP contribution in [0.25, 0.3) is 0 Å². The minimum atomic E-state index is -3.64. The summed E-state index contributed by atoms with van der Waals surface area (Å²) < 4.78 is 36.6. The van der Waals surface area contributed by atoms with E-state index in [1.807, 2.05) is 13.8 Å². The van der Waals surface area contributed by atoms with E-state index in [4.69, 9.17) is 11.6 Å². The molecule has 1 rings (SSSR count). The average Bonchev–Trinajstić information content (AvgIpc) is 2.29. The van der Waals surface area contributed by atoms with Gasteiger partial charge in [-0.25, -0.2) is 12.8 Å². The predicted molar refractivity (Wildman–Crippen MR) is 76.7 cm³/mol. The summed E-state index contributed by atoms with van der Waals surface area (Å²) in [5.41, 5.74) is 0.282. The SMILES string of the molecule is CC(C)CNC(=O)CS(=O)(=O)Cc1ccc(F)cc1Cl. The number of benzene rings is 1. The Morgan fingerprint density at radius 1 is 1.40 bits per heavy atom. The minimum absolute atomic E-state index is 0.0381.